The van der Waals surface area contributed by atoms with Crippen LogP contribution in [0.4, 0.5) is 0 Å². The fourth-order valence-electron chi connectivity index (χ4n) is 2.29. The lowest BCUT2D eigenvalue weighted by Gasteiger charge is -2.11. The van der Waals surface area contributed by atoms with Gasteiger partial charge >= 0.3 is 5.97 Å². The number of aromatic nitrogens is 4. The average molecular weight is 274 g/mol. The molecule has 2 aromatic heterocycles. The van der Waals surface area contributed by atoms with Gasteiger partial charge in [-0.2, -0.15) is 5.10 Å². The van der Waals surface area contributed by atoms with Crippen LogP contribution in [0.1, 0.15) is 36.7 Å². The van der Waals surface area contributed by atoms with Crippen molar-refractivity contribution in [2.24, 2.45) is 0 Å². The first-order valence-electron chi connectivity index (χ1n) is 6.55. The molecule has 6 nitrogen and oxygen atoms in total. The summed E-state index contributed by atoms with van der Waals surface area (Å²) < 4.78 is 6.78. The highest BCUT2D eigenvalue weighted by molar-refractivity contribution is 5.78. The van der Waals surface area contributed by atoms with Gasteiger partial charge in [0.2, 0.25) is 0 Å². The normalized spacial score (nSPS) is 12.2. The maximum absolute atomic E-state index is 11.9. The molecule has 0 spiro atoms. The zero-order valence-electron chi connectivity index (χ0n) is 12.1. The van der Waals surface area contributed by atoms with E-state index in [1.165, 1.54) is 0 Å². The van der Waals surface area contributed by atoms with Gasteiger partial charge in [0.25, 0.3) is 0 Å². The highest BCUT2D eigenvalue weighted by Gasteiger charge is 2.24. The average Bonchev–Trinajstić information content (AvgIpc) is 2.74. The number of aryl methyl sites for hydroxylation is 1. The van der Waals surface area contributed by atoms with Crippen LogP contribution in [0, 0.1) is 13.8 Å². The number of carbonyl (C=O) groups is 1. The Morgan fingerprint density at radius 2 is 2.15 bits per heavy atom. The van der Waals surface area contributed by atoms with Gasteiger partial charge < -0.3 is 4.74 Å². The number of nitrogens with zero attached hydrogens (tertiary/aromatic N) is 4. The highest BCUT2D eigenvalue weighted by atomic mass is 16.5. The van der Waals surface area contributed by atoms with E-state index in [4.69, 9.17) is 4.74 Å². The van der Waals surface area contributed by atoms with Gasteiger partial charge in [-0.3, -0.25) is 9.78 Å². The third-order valence-corrected chi connectivity index (χ3v) is 3.19. The van der Waals surface area contributed by atoms with Gasteiger partial charge in [-0.15, -0.1) is 0 Å². The molecule has 0 saturated carbocycles. The van der Waals surface area contributed by atoms with Crippen LogP contribution in [0.15, 0.2) is 18.6 Å². The lowest BCUT2D eigenvalue weighted by atomic mass is 9.99. The highest BCUT2D eigenvalue weighted by Crippen LogP contribution is 2.25. The van der Waals surface area contributed by atoms with Crippen LogP contribution < -0.4 is 0 Å². The standard InChI is InChI=1S/C14H18N4O2/c1-5-20-14(19)9(2)13-10(3)17-18(11(13)4)12-8-15-6-7-16-12/h6-9H,5H2,1-4H3. The van der Waals surface area contributed by atoms with Crippen molar-refractivity contribution in [3.8, 4) is 5.82 Å². The Morgan fingerprint density at radius 3 is 2.75 bits per heavy atom. The van der Waals surface area contributed by atoms with E-state index in [0.29, 0.717) is 12.4 Å². The minimum Gasteiger partial charge on any atom is -0.466 e. The van der Waals surface area contributed by atoms with Crippen molar-refractivity contribution >= 4 is 5.97 Å². The SMILES string of the molecule is CCOC(=O)C(C)c1c(C)nn(-c2cnccn2)c1C. The van der Waals surface area contributed by atoms with Crippen molar-refractivity contribution < 1.29 is 9.53 Å². The summed E-state index contributed by atoms with van der Waals surface area (Å²) in [5.41, 5.74) is 2.56. The summed E-state index contributed by atoms with van der Waals surface area (Å²) in [6.07, 6.45) is 4.86. The molecule has 0 aliphatic carbocycles. The molecule has 0 fully saturated rings. The molecule has 2 aromatic rings. The first kappa shape index (κ1) is 14.2. The zero-order valence-corrected chi connectivity index (χ0v) is 12.1. The van der Waals surface area contributed by atoms with Crippen LogP contribution in [0.25, 0.3) is 5.82 Å². The molecular weight excluding hydrogens is 256 g/mol. The first-order chi connectivity index (χ1) is 9.56. The van der Waals surface area contributed by atoms with Crippen LogP contribution in [0.3, 0.4) is 0 Å². The molecule has 0 aliphatic heterocycles. The smallest absolute Gasteiger partial charge is 0.313 e. The summed E-state index contributed by atoms with van der Waals surface area (Å²) in [6, 6.07) is 0. The maximum Gasteiger partial charge on any atom is 0.313 e. The van der Waals surface area contributed by atoms with Crippen molar-refractivity contribution in [1.82, 2.24) is 19.7 Å². The summed E-state index contributed by atoms with van der Waals surface area (Å²) in [5.74, 6) is 0.0492. The minimum atomic E-state index is -0.347. The zero-order chi connectivity index (χ0) is 14.7. The molecule has 6 heteroatoms. The number of ether oxygens (including phenoxy) is 1. The molecular formula is C14H18N4O2. The second-order valence-electron chi connectivity index (χ2n) is 4.53. The number of rotatable bonds is 4. The van der Waals surface area contributed by atoms with Crippen molar-refractivity contribution in [3.05, 3.63) is 35.5 Å². The quantitative estimate of drug-likeness (QED) is 0.797. The summed E-state index contributed by atoms with van der Waals surface area (Å²) in [4.78, 5) is 20.2. The summed E-state index contributed by atoms with van der Waals surface area (Å²) in [6.45, 7) is 7.80. The third-order valence-electron chi connectivity index (χ3n) is 3.19. The first-order valence-corrected chi connectivity index (χ1v) is 6.55. The topological polar surface area (TPSA) is 69.9 Å². The molecule has 0 saturated heterocycles. The fraction of sp³-hybridized carbons (Fsp3) is 0.429. The second-order valence-corrected chi connectivity index (χ2v) is 4.53. The van der Waals surface area contributed by atoms with E-state index in [9.17, 15) is 4.79 Å². The summed E-state index contributed by atoms with van der Waals surface area (Å²) >= 11 is 0. The third kappa shape index (κ3) is 2.54. The predicted octanol–water partition coefficient (Wildman–Crippen LogP) is 1.95. The van der Waals surface area contributed by atoms with Gasteiger partial charge in [-0.25, -0.2) is 9.67 Å². The van der Waals surface area contributed by atoms with E-state index < -0.39 is 0 Å². The second kappa shape index (κ2) is 5.81. The Bertz CT molecular complexity index is 607. The van der Waals surface area contributed by atoms with E-state index in [1.807, 2.05) is 20.8 Å². The lowest BCUT2D eigenvalue weighted by Crippen LogP contribution is -2.14. The molecule has 0 amide bonds. The number of hydrogen-bond acceptors (Lipinski definition) is 5. The molecule has 0 aliphatic rings. The van der Waals surface area contributed by atoms with Gasteiger partial charge in [-0.1, -0.05) is 0 Å². The van der Waals surface area contributed by atoms with Gasteiger partial charge in [0.1, 0.15) is 0 Å². The molecule has 20 heavy (non-hydrogen) atoms. The summed E-state index contributed by atoms with van der Waals surface area (Å²) in [5, 5.41) is 4.45. The molecule has 0 N–H and O–H groups in total. The van der Waals surface area contributed by atoms with Crippen molar-refractivity contribution in [1.29, 1.82) is 0 Å². The lowest BCUT2D eigenvalue weighted by molar-refractivity contribution is -0.144. The number of esters is 1. The molecule has 2 rings (SSSR count). The van der Waals surface area contributed by atoms with Crippen LogP contribution in [0.2, 0.25) is 0 Å². The van der Waals surface area contributed by atoms with Crippen LogP contribution in [-0.4, -0.2) is 32.3 Å². The molecule has 0 bridgehead atoms. The molecule has 0 aromatic carbocycles. The van der Waals surface area contributed by atoms with Crippen LogP contribution in [0.5, 0.6) is 0 Å². The Labute approximate surface area is 117 Å². The Morgan fingerprint density at radius 1 is 1.40 bits per heavy atom. The fourth-order valence-corrected chi connectivity index (χ4v) is 2.29. The largest absolute Gasteiger partial charge is 0.466 e. The predicted molar refractivity (Wildman–Crippen MR) is 73.7 cm³/mol. The molecule has 0 radical (unpaired) electrons. The van der Waals surface area contributed by atoms with Gasteiger partial charge in [0.05, 0.1) is 24.4 Å². The van der Waals surface area contributed by atoms with E-state index in [0.717, 1.165) is 17.0 Å². The van der Waals surface area contributed by atoms with E-state index in [1.54, 1.807) is 30.2 Å². The van der Waals surface area contributed by atoms with Gasteiger partial charge in [-0.05, 0) is 27.7 Å². The molecule has 106 valence electrons. The Kier molecular flexibility index (Phi) is 4.12. The molecule has 2 heterocycles. The molecule has 1 atom stereocenters. The van der Waals surface area contributed by atoms with Crippen molar-refractivity contribution in [2.75, 3.05) is 6.61 Å². The Balaban J connectivity index is 2.42. The summed E-state index contributed by atoms with van der Waals surface area (Å²) in [7, 11) is 0. The van der Waals surface area contributed by atoms with E-state index >= 15 is 0 Å². The van der Waals surface area contributed by atoms with E-state index in [2.05, 4.69) is 15.1 Å². The number of carbonyl (C=O) groups excluding carboxylic acids is 1. The van der Waals surface area contributed by atoms with Crippen molar-refractivity contribution in [3.63, 3.8) is 0 Å². The monoisotopic (exact) mass is 274 g/mol. The maximum atomic E-state index is 11.9. The number of hydrogen-bond donors (Lipinski definition) is 0. The van der Waals surface area contributed by atoms with Gasteiger partial charge in [0, 0.05) is 23.7 Å². The Hall–Kier alpha value is -2.24. The van der Waals surface area contributed by atoms with Crippen LogP contribution in [-0.2, 0) is 9.53 Å². The minimum absolute atomic E-state index is 0.239. The molecule has 1 unspecified atom stereocenters. The van der Waals surface area contributed by atoms with E-state index in [-0.39, 0.29) is 11.9 Å². The van der Waals surface area contributed by atoms with Gasteiger partial charge in [0.15, 0.2) is 5.82 Å². The van der Waals surface area contributed by atoms with Crippen LogP contribution >= 0.6 is 0 Å². The van der Waals surface area contributed by atoms with Crippen molar-refractivity contribution in [2.45, 2.75) is 33.6 Å².